The van der Waals surface area contributed by atoms with Gasteiger partial charge in [-0.05, 0) is 6.07 Å². The Hall–Kier alpha value is -1.62. The predicted molar refractivity (Wildman–Crippen MR) is 65.4 cm³/mol. The second-order valence-corrected chi connectivity index (χ2v) is 4.09. The van der Waals surface area contributed by atoms with E-state index in [0.717, 1.165) is 16.6 Å². The third-order valence-electron chi connectivity index (χ3n) is 2.04. The number of anilines is 1. The minimum absolute atomic E-state index is 0.836. The normalized spacial score (nSPS) is 10.1. The van der Waals surface area contributed by atoms with Gasteiger partial charge in [-0.1, -0.05) is 17.8 Å². The number of pyridine rings is 1. The van der Waals surface area contributed by atoms with Crippen LogP contribution in [-0.2, 0) is 5.75 Å². The second kappa shape index (κ2) is 5.46. The summed E-state index contributed by atoms with van der Waals surface area (Å²) in [7, 11) is 1.87. The summed E-state index contributed by atoms with van der Waals surface area (Å²) in [4.78, 5) is 12.5. The van der Waals surface area contributed by atoms with Gasteiger partial charge in [0, 0.05) is 37.0 Å². The van der Waals surface area contributed by atoms with Gasteiger partial charge in [-0.25, -0.2) is 9.97 Å². The second-order valence-electron chi connectivity index (χ2n) is 3.09. The molecular formula is C11H12N4S. The SMILES string of the molecule is CNc1ncccc1CSc1cnccn1. The summed E-state index contributed by atoms with van der Waals surface area (Å²) in [5, 5.41) is 4.00. The van der Waals surface area contributed by atoms with Gasteiger partial charge in [0.25, 0.3) is 0 Å². The zero-order valence-electron chi connectivity index (χ0n) is 8.92. The Morgan fingerprint density at radius 3 is 2.94 bits per heavy atom. The van der Waals surface area contributed by atoms with Crippen molar-refractivity contribution in [3.05, 3.63) is 42.5 Å². The minimum atomic E-state index is 0.836. The molecule has 0 spiro atoms. The molecule has 82 valence electrons. The lowest BCUT2D eigenvalue weighted by molar-refractivity contribution is 1.05. The summed E-state index contributed by atoms with van der Waals surface area (Å²) in [6.07, 6.45) is 6.92. The smallest absolute Gasteiger partial charge is 0.129 e. The molecule has 1 N–H and O–H groups in total. The number of nitrogens with zero attached hydrogens (tertiary/aromatic N) is 3. The largest absolute Gasteiger partial charge is 0.373 e. The van der Waals surface area contributed by atoms with Crippen molar-refractivity contribution in [1.82, 2.24) is 15.0 Å². The summed E-state index contributed by atoms with van der Waals surface area (Å²) in [6, 6.07) is 4.00. The average molecular weight is 232 g/mol. The number of hydrogen-bond donors (Lipinski definition) is 1. The highest BCUT2D eigenvalue weighted by Crippen LogP contribution is 2.22. The topological polar surface area (TPSA) is 50.7 Å². The number of rotatable bonds is 4. The van der Waals surface area contributed by atoms with E-state index in [1.165, 1.54) is 5.56 Å². The van der Waals surface area contributed by atoms with Crippen molar-refractivity contribution >= 4 is 17.6 Å². The van der Waals surface area contributed by atoms with Crippen LogP contribution in [0.25, 0.3) is 0 Å². The molecule has 0 aliphatic rings. The number of aromatic nitrogens is 3. The average Bonchev–Trinajstić information content (AvgIpc) is 2.38. The van der Waals surface area contributed by atoms with Crippen molar-refractivity contribution in [1.29, 1.82) is 0 Å². The van der Waals surface area contributed by atoms with Gasteiger partial charge in [0.2, 0.25) is 0 Å². The molecule has 4 nitrogen and oxygen atoms in total. The van der Waals surface area contributed by atoms with E-state index in [1.807, 2.05) is 13.1 Å². The van der Waals surface area contributed by atoms with Gasteiger partial charge in [0.05, 0.1) is 6.20 Å². The van der Waals surface area contributed by atoms with E-state index in [0.29, 0.717) is 0 Å². The lowest BCUT2D eigenvalue weighted by atomic mass is 10.3. The molecule has 0 fully saturated rings. The monoisotopic (exact) mass is 232 g/mol. The van der Waals surface area contributed by atoms with Crippen molar-refractivity contribution < 1.29 is 0 Å². The first-order valence-electron chi connectivity index (χ1n) is 4.90. The van der Waals surface area contributed by atoms with Crippen LogP contribution in [0.15, 0.2) is 41.9 Å². The first-order valence-corrected chi connectivity index (χ1v) is 5.89. The van der Waals surface area contributed by atoms with E-state index in [2.05, 4.69) is 26.3 Å². The molecule has 2 aromatic rings. The molecule has 2 rings (SSSR count). The Labute approximate surface area is 98.6 Å². The fourth-order valence-corrected chi connectivity index (χ4v) is 2.10. The van der Waals surface area contributed by atoms with Crippen LogP contribution >= 0.6 is 11.8 Å². The van der Waals surface area contributed by atoms with Crippen LogP contribution < -0.4 is 5.32 Å². The van der Waals surface area contributed by atoms with Gasteiger partial charge in [-0.3, -0.25) is 4.98 Å². The maximum absolute atomic E-state index is 4.25. The Kier molecular flexibility index (Phi) is 3.71. The van der Waals surface area contributed by atoms with Gasteiger partial charge >= 0.3 is 0 Å². The van der Waals surface area contributed by atoms with Crippen LogP contribution in [0.5, 0.6) is 0 Å². The molecule has 0 saturated heterocycles. The van der Waals surface area contributed by atoms with Gasteiger partial charge in [-0.2, -0.15) is 0 Å². The summed E-state index contributed by atoms with van der Waals surface area (Å²) in [6.45, 7) is 0. The maximum atomic E-state index is 4.25. The Balaban J connectivity index is 2.05. The molecule has 16 heavy (non-hydrogen) atoms. The van der Waals surface area contributed by atoms with E-state index in [9.17, 15) is 0 Å². The molecule has 2 aromatic heterocycles. The quantitative estimate of drug-likeness (QED) is 0.819. The standard InChI is InChI=1S/C11H12N4S/c1-12-11-9(3-2-4-15-11)8-16-10-7-13-5-6-14-10/h2-7H,8H2,1H3,(H,12,15). The molecule has 0 aliphatic carbocycles. The highest BCUT2D eigenvalue weighted by molar-refractivity contribution is 7.98. The van der Waals surface area contributed by atoms with Crippen molar-refractivity contribution in [2.75, 3.05) is 12.4 Å². The summed E-state index contributed by atoms with van der Waals surface area (Å²) < 4.78 is 0. The minimum Gasteiger partial charge on any atom is -0.373 e. The predicted octanol–water partition coefficient (Wildman–Crippen LogP) is 2.21. The van der Waals surface area contributed by atoms with Crippen molar-refractivity contribution in [2.24, 2.45) is 0 Å². The molecule has 0 bridgehead atoms. The van der Waals surface area contributed by atoms with E-state index in [-0.39, 0.29) is 0 Å². The maximum Gasteiger partial charge on any atom is 0.129 e. The number of nitrogens with one attached hydrogen (secondary N) is 1. The molecule has 0 radical (unpaired) electrons. The van der Waals surface area contributed by atoms with Crippen LogP contribution in [-0.4, -0.2) is 22.0 Å². The molecule has 0 atom stereocenters. The lowest BCUT2D eigenvalue weighted by Gasteiger charge is -2.06. The van der Waals surface area contributed by atoms with E-state index >= 15 is 0 Å². The molecule has 0 unspecified atom stereocenters. The molecule has 0 saturated carbocycles. The third kappa shape index (κ3) is 2.70. The van der Waals surface area contributed by atoms with E-state index in [1.54, 1.807) is 36.5 Å². The van der Waals surface area contributed by atoms with Crippen LogP contribution in [0, 0.1) is 0 Å². The summed E-state index contributed by atoms with van der Waals surface area (Å²) >= 11 is 1.65. The van der Waals surface area contributed by atoms with Gasteiger partial charge in [0.15, 0.2) is 0 Å². The van der Waals surface area contributed by atoms with Crippen molar-refractivity contribution in [2.45, 2.75) is 10.8 Å². The Bertz CT molecular complexity index is 447. The van der Waals surface area contributed by atoms with E-state index < -0.39 is 0 Å². The van der Waals surface area contributed by atoms with Crippen LogP contribution in [0.3, 0.4) is 0 Å². The molecular weight excluding hydrogens is 220 g/mol. The zero-order valence-corrected chi connectivity index (χ0v) is 9.74. The van der Waals surface area contributed by atoms with Crippen molar-refractivity contribution in [3.63, 3.8) is 0 Å². The zero-order chi connectivity index (χ0) is 11.2. The van der Waals surface area contributed by atoms with E-state index in [4.69, 9.17) is 0 Å². The fraction of sp³-hybridized carbons (Fsp3) is 0.182. The Morgan fingerprint density at radius 2 is 2.19 bits per heavy atom. The van der Waals surface area contributed by atoms with Crippen LogP contribution in [0.4, 0.5) is 5.82 Å². The van der Waals surface area contributed by atoms with Crippen molar-refractivity contribution in [3.8, 4) is 0 Å². The Morgan fingerprint density at radius 1 is 1.25 bits per heavy atom. The van der Waals surface area contributed by atoms with Crippen LogP contribution in [0.1, 0.15) is 5.56 Å². The first-order chi connectivity index (χ1) is 7.90. The molecule has 0 aliphatic heterocycles. The highest BCUT2D eigenvalue weighted by Gasteiger charge is 2.02. The highest BCUT2D eigenvalue weighted by atomic mass is 32.2. The molecule has 0 aromatic carbocycles. The van der Waals surface area contributed by atoms with Gasteiger partial charge < -0.3 is 5.32 Å². The summed E-state index contributed by atoms with van der Waals surface area (Å²) in [5.74, 6) is 1.75. The molecule has 0 amide bonds. The van der Waals surface area contributed by atoms with Gasteiger partial charge in [0.1, 0.15) is 10.8 Å². The molecule has 5 heteroatoms. The van der Waals surface area contributed by atoms with Gasteiger partial charge in [-0.15, -0.1) is 0 Å². The fourth-order valence-electron chi connectivity index (χ4n) is 1.29. The third-order valence-corrected chi connectivity index (χ3v) is 3.01. The van der Waals surface area contributed by atoms with Crippen LogP contribution in [0.2, 0.25) is 0 Å². The summed E-state index contributed by atoms with van der Waals surface area (Å²) in [5.41, 5.74) is 1.17. The number of thioether (sulfide) groups is 1. The number of hydrogen-bond acceptors (Lipinski definition) is 5. The lowest BCUT2D eigenvalue weighted by Crippen LogP contribution is -1.96. The molecule has 2 heterocycles. The first kappa shape index (κ1) is 10.9.